The van der Waals surface area contributed by atoms with Crippen LogP contribution in [0.3, 0.4) is 0 Å². The van der Waals surface area contributed by atoms with Gasteiger partial charge in [-0.3, -0.25) is 14.4 Å². The van der Waals surface area contributed by atoms with Crippen molar-refractivity contribution in [2.45, 2.75) is 13.2 Å². The maximum absolute atomic E-state index is 11.8. The third kappa shape index (κ3) is 3.15. The average molecular weight is 320 g/mol. The molecule has 108 valence electrons. The summed E-state index contributed by atoms with van der Waals surface area (Å²) in [5, 5.41) is 4.93. The van der Waals surface area contributed by atoms with Crippen LogP contribution in [0.25, 0.3) is 10.9 Å². The molecule has 0 aliphatic rings. The fraction of sp³-hybridized carbons (Fsp3) is 0.200. The SMILES string of the molecule is CN(Cc1ccc(Cl)s1)Cn1ncc(=O)c2ccccc21. The van der Waals surface area contributed by atoms with Gasteiger partial charge in [0.05, 0.1) is 22.7 Å². The van der Waals surface area contributed by atoms with Crippen molar-refractivity contribution in [1.29, 1.82) is 0 Å². The summed E-state index contributed by atoms with van der Waals surface area (Å²) in [5.41, 5.74) is 0.801. The van der Waals surface area contributed by atoms with Crippen LogP contribution in [0, 0.1) is 0 Å². The van der Waals surface area contributed by atoms with Gasteiger partial charge in [0, 0.05) is 16.8 Å². The lowest BCUT2D eigenvalue weighted by Gasteiger charge is -2.18. The number of fused-ring (bicyclic) bond motifs is 1. The number of rotatable bonds is 4. The van der Waals surface area contributed by atoms with Crippen LogP contribution in [-0.2, 0) is 13.2 Å². The highest BCUT2D eigenvalue weighted by Gasteiger charge is 2.07. The normalized spacial score (nSPS) is 11.4. The van der Waals surface area contributed by atoms with Gasteiger partial charge in [0.2, 0.25) is 5.43 Å². The number of thiophene rings is 1. The molecule has 2 aromatic heterocycles. The average Bonchev–Trinajstić information content (AvgIpc) is 2.87. The molecule has 0 fully saturated rings. The molecule has 0 atom stereocenters. The third-order valence-electron chi connectivity index (χ3n) is 3.19. The molecule has 3 rings (SSSR count). The lowest BCUT2D eigenvalue weighted by atomic mass is 10.2. The Balaban J connectivity index is 1.84. The summed E-state index contributed by atoms with van der Waals surface area (Å²) in [6, 6.07) is 11.5. The van der Waals surface area contributed by atoms with Crippen molar-refractivity contribution in [3.05, 3.63) is 62.0 Å². The Bertz CT molecular complexity index is 827. The number of benzene rings is 1. The lowest BCUT2D eigenvalue weighted by molar-refractivity contribution is 0.251. The molecule has 0 N–H and O–H groups in total. The molecule has 0 unspecified atom stereocenters. The van der Waals surface area contributed by atoms with E-state index < -0.39 is 0 Å². The Morgan fingerprint density at radius 2 is 2.10 bits per heavy atom. The van der Waals surface area contributed by atoms with Crippen LogP contribution in [0.2, 0.25) is 4.34 Å². The van der Waals surface area contributed by atoms with Crippen LogP contribution in [0.1, 0.15) is 4.88 Å². The van der Waals surface area contributed by atoms with Crippen molar-refractivity contribution < 1.29 is 0 Å². The summed E-state index contributed by atoms with van der Waals surface area (Å²) in [5.74, 6) is 0. The standard InChI is InChI=1S/C15H14ClN3OS/c1-18(9-11-6-7-15(16)21-11)10-19-13-5-3-2-4-12(13)14(20)8-17-19/h2-8H,9-10H2,1H3. The molecule has 6 heteroatoms. The third-order valence-corrected chi connectivity index (χ3v) is 4.41. The summed E-state index contributed by atoms with van der Waals surface area (Å²) in [7, 11) is 2.02. The van der Waals surface area contributed by atoms with E-state index in [0.29, 0.717) is 12.1 Å². The second-order valence-electron chi connectivity index (χ2n) is 4.89. The minimum absolute atomic E-state index is 0.0467. The van der Waals surface area contributed by atoms with Crippen molar-refractivity contribution in [2.75, 3.05) is 7.05 Å². The molecule has 0 amide bonds. The number of para-hydroxylation sites is 1. The Labute approximate surface area is 131 Å². The number of halogens is 1. The zero-order valence-corrected chi connectivity index (χ0v) is 13.1. The van der Waals surface area contributed by atoms with Gasteiger partial charge in [-0.15, -0.1) is 11.3 Å². The molecule has 0 bridgehead atoms. The number of nitrogens with zero attached hydrogens (tertiary/aromatic N) is 3. The molecule has 0 saturated heterocycles. The molecule has 0 aliphatic heterocycles. The van der Waals surface area contributed by atoms with Crippen LogP contribution in [0.15, 0.2) is 47.4 Å². The smallest absolute Gasteiger partial charge is 0.207 e. The maximum atomic E-state index is 11.8. The molecule has 0 saturated carbocycles. The molecule has 4 nitrogen and oxygen atoms in total. The summed E-state index contributed by atoms with van der Waals surface area (Å²) >= 11 is 7.52. The molecule has 21 heavy (non-hydrogen) atoms. The Kier molecular flexibility index (Phi) is 4.05. The Morgan fingerprint density at radius 3 is 2.86 bits per heavy atom. The minimum Gasteiger partial charge on any atom is -0.287 e. The maximum Gasteiger partial charge on any atom is 0.207 e. The van der Waals surface area contributed by atoms with E-state index in [-0.39, 0.29) is 5.43 Å². The highest BCUT2D eigenvalue weighted by atomic mass is 35.5. The second-order valence-corrected chi connectivity index (χ2v) is 6.69. The fourth-order valence-electron chi connectivity index (χ4n) is 2.26. The first-order valence-electron chi connectivity index (χ1n) is 6.51. The van der Waals surface area contributed by atoms with Crippen LogP contribution >= 0.6 is 22.9 Å². The van der Waals surface area contributed by atoms with E-state index in [9.17, 15) is 4.79 Å². The molecule has 0 spiro atoms. The van der Waals surface area contributed by atoms with Gasteiger partial charge in [0.15, 0.2) is 0 Å². The van der Waals surface area contributed by atoms with E-state index >= 15 is 0 Å². The van der Waals surface area contributed by atoms with Gasteiger partial charge in [0.25, 0.3) is 0 Å². The zero-order chi connectivity index (χ0) is 14.8. The van der Waals surface area contributed by atoms with Gasteiger partial charge in [-0.05, 0) is 31.3 Å². The summed E-state index contributed by atoms with van der Waals surface area (Å²) in [6.07, 6.45) is 1.37. The number of aromatic nitrogens is 2. The number of hydrogen-bond acceptors (Lipinski definition) is 4. The lowest BCUT2D eigenvalue weighted by Crippen LogP contribution is -2.24. The highest BCUT2D eigenvalue weighted by molar-refractivity contribution is 7.16. The van der Waals surface area contributed by atoms with E-state index in [1.54, 1.807) is 11.3 Å². The van der Waals surface area contributed by atoms with Crippen LogP contribution in [-0.4, -0.2) is 21.7 Å². The minimum atomic E-state index is -0.0467. The summed E-state index contributed by atoms with van der Waals surface area (Å²) in [6.45, 7) is 1.40. The molecule has 3 aromatic rings. The van der Waals surface area contributed by atoms with E-state index in [1.807, 2.05) is 48.1 Å². The van der Waals surface area contributed by atoms with Crippen molar-refractivity contribution >= 4 is 33.8 Å². The van der Waals surface area contributed by atoms with E-state index in [2.05, 4.69) is 10.00 Å². The van der Waals surface area contributed by atoms with Gasteiger partial charge in [0.1, 0.15) is 0 Å². The molecule has 2 heterocycles. The predicted molar refractivity (Wildman–Crippen MR) is 86.8 cm³/mol. The number of hydrogen-bond donors (Lipinski definition) is 0. The quantitative estimate of drug-likeness (QED) is 0.741. The van der Waals surface area contributed by atoms with E-state index in [1.165, 1.54) is 11.1 Å². The van der Waals surface area contributed by atoms with Gasteiger partial charge in [-0.25, -0.2) is 0 Å². The predicted octanol–water partition coefficient (Wildman–Crippen LogP) is 3.20. The van der Waals surface area contributed by atoms with Crippen molar-refractivity contribution in [1.82, 2.24) is 14.7 Å². The van der Waals surface area contributed by atoms with Gasteiger partial charge >= 0.3 is 0 Å². The van der Waals surface area contributed by atoms with Crippen molar-refractivity contribution in [3.63, 3.8) is 0 Å². The Hall–Kier alpha value is -1.69. The molecular weight excluding hydrogens is 306 g/mol. The Morgan fingerprint density at radius 1 is 1.29 bits per heavy atom. The van der Waals surface area contributed by atoms with Gasteiger partial charge in [-0.1, -0.05) is 23.7 Å². The first-order chi connectivity index (χ1) is 10.1. The van der Waals surface area contributed by atoms with Gasteiger partial charge < -0.3 is 0 Å². The molecule has 0 aliphatic carbocycles. The molecular formula is C15H14ClN3OS. The van der Waals surface area contributed by atoms with E-state index in [0.717, 1.165) is 16.4 Å². The fourth-order valence-corrected chi connectivity index (χ4v) is 3.42. The first-order valence-corrected chi connectivity index (χ1v) is 7.70. The largest absolute Gasteiger partial charge is 0.287 e. The second kappa shape index (κ2) is 5.97. The van der Waals surface area contributed by atoms with Crippen molar-refractivity contribution in [2.24, 2.45) is 0 Å². The van der Waals surface area contributed by atoms with Crippen molar-refractivity contribution in [3.8, 4) is 0 Å². The van der Waals surface area contributed by atoms with Crippen LogP contribution < -0.4 is 5.43 Å². The highest BCUT2D eigenvalue weighted by Crippen LogP contribution is 2.22. The zero-order valence-electron chi connectivity index (χ0n) is 11.5. The summed E-state index contributed by atoms with van der Waals surface area (Å²) < 4.78 is 2.64. The molecule has 0 radical (unpaired) electrons. The topological polar surface area (TPSA) is 38.1 Å². The van der Waals surface area contributed by atoms with Crippen LogP contribution in [0.5, 0.6) is 0 Å². The van der Waals surface area contributed by atoms with Crippen LogP contribution in [0.4, 0.5) is 0 Å². The molecule has 1 aromatic carbocycles. The summed E-state index contributed by atoms with van der Waals surface area (Å²) in [4.78, 5) is 15.1. The van der Waals surface area contributed by atoms with Gasteiger partial charge in [-0.2, -0.15) is 5.10 Å². The first kappa shape index (κ1) is 14.3. The van der Waals surface area contributed by atoms with E-state index in [4.69, 9.17) is 11.6 Å². The monoisotopic (exact) mass is 319 g/mol.